The average molecular weight is 400 g/mol. The molecule has 7 nitrogen and oxygen atoms in total. The van der Waals surface area contributed by atoms with Gasteiger partial charge in [0.05, 0.1) is 5.52 Å². The van der Waals surface area contributed by atoms with Gasteiger partial charge < -0.3 is 24.8 Å². The molecule has 2 N–H and O–H groups in total. The van der Waals surface area contributed by atoms with Crippen molar-refractivity contribution >= 4 is 17.1 Å². The molecular weight excluding hydrogens is 366 g/mol. The van der Waals surface area contributed by atoms with Crippen molar-refractivity contribution in [2.75, 3.05) is 39.3 Å². The quantitative estimate of drug-likeness (QED) is 0.774. The van der Waals surface area contributed by atoms with Crippen LogP contribution in [0.5, 0.6) is 5.75 Å². The van der Waals surface area contributed by atoms with Gasteiger partial charge in [0, 0.05) is 25.6 Å². The highest BCUT2D eigenvalue weighted by molar-refractivity contribution is 5.85. The minimum absolute atomic E-state index is 0.405. The van der Waals surface area contributed by atoms with Crippen LogP contribution < -0.4 is 10.5 Å². The zero-order valence-corrected chi connectivity index (χ0v) is 17.5. The zero-order chi connectivity index (χ0) is 20.2. The summed E-state index contributed by atoms with van der Waals surface area (Å²) in [7, 11) is 0. The number of primary amides is 1. The third-order valence-electron chi connectivity index (χ3n) is 6.23. The molecule has 3 heterocycles. The predicted octanol–water partition coefficient (Wildman–Crippen LogP) is 3.18. The minimum Gasteiger partial charge on any atom is -0.408 e. The van der Waals surface area contributed by atoms with E-state index in [4.69, 9.17) is 15.5 Å². The summed E-state index contributed by atoms with van der Waals surface area (Å²) in [6.45, 7) is 9.92. The smallest absolute Gasteiger partial charge is 0.408 e. The van der Waals surface area contributed by atoms with E-state index in [1.54, 1.807) is 6.07 Å². The molecule has 29 heavy (non-hydrogen) atoms. The van der Waals surface area contributed by atoms with Crippen LogP contribution in [-0.4, -0.2) is 64.7 Å². The van der Waals surface area contributed by atoms with Crippen molar-refractivity contribution in [1.82, 2.24) is 19.4 Å². The van der Waals surface area contributed by atoms with Crippen LogP contribution in [-0.2, 0) is 6.54 Å². The van der Waals surface area contributed by atoms with Crippen molar-refractivity contribution in [3.63, 3.8) is 0 Å². The molecule has 2 aliphatic heterocycles. The number of piperidine rings is 1. The molecule has 1 amide bonds. The van der Waals surface area contributed by atoms with E-state index in [2.05, 4.69) is 27.4 Å². The second-order valence-electron chi connectivity index (χ2n) is 8.36. The number of benzene rings is 1. The Morgan fingerprint density at radius 3 is 2.69 bits per heavy atom. The van der Waals surface area contributed by atoms with E-state index in [0.717, 1.165) is 49.5 Å². The number of imidazole rings is 1. The van der Waals surface area contributed by atoms with Gasteiger partial charge in [-0.3, -0.25) is 0 Å². The Balaban J connectivity index is 1.68. The maximum atomic E-state index is 11.4. The highest BCUT2D eigenvalue weighted by Gasteiger charge is 2.27. The molecule has 7 heteroatoms. The lowest BCUT2D eigenvalue weighted by Gasteiger charge is -2.32. The Kier molecular flexibility index (Phi) is 6.35. The van der Waals surface area contributed by atoms with E-state index in [-0.39, 0.29) is 0 Å². The number of fused-ring (bicyclic) bond motifs is 1. The first-order valence-corrected chi connectivity index (χ1v) is 11.1. The number of hydrogen-bond donors (Lipinski definition) is 1. The fourth-order valence-electron chi connectivity index (χ4n) is 4.91. The van der Waals surface area contributed by atoms with Crippen LogP contribution in [0.15, 0.2) is 18.2 Å². The number of hydrogen-bond acceptors (Lipinski definition) is 5. The fraction of sp³-hybridized carbons (Fsp3) is 0.636. The first kappa shape index (κ1) is 20.2. The fourth-order valence-corrected chi connectivity index (χ4v) is 4.91. The number of carbonyl (C=O) groups is 1. The van der Waals surface area contributed by atoms with Crippen LogP contribution in [0.1, 0.15) is 50.8 Å². The van der Waals surface area contributed by atoms with E-state index in [1.165, 1.54) is 45.3 Å². The molecule has 158 valence electrons. The summed E-state index contributed by atoms with van der Waals surface area (Å²) in [5.74, 6) is 1.99. The monoisotopic (exact) mass is 399 g/mol. The number of aromatic nitrogens is 2. The Labute approximate surface area is 172 Å². The maximum Gasteiger partial charge on any atom is 0.410 e. The molecule has 0 saturated carbocycles. The lowest BCUT2D eigenvalue weighted by molar-refractivity contribution is 0.202. The topological polar surface area (TPSA) is 76.6 Å². The van der Waals surface area contributed by atoms with Gasteiger partial charge in [-0.15, -0.1) is 0 Å². The van der Waals surface area contributed by atoms with Crippen LogP contribution in [0.25, 0.3) is 11.0 Å². The van der Waals surface area contributed by atoms with Crippen molar-refractivity contribution in [3.05, 3.63) is 24.0 Å². The first-order valence-electron chi connectivity index (χ1n) is 11.1. The van der Waals surface area contributed by atoms with Crippen molar-refractivity contribution in [2.24, 2.45) is 5.73 Å². The second kappa shape index (κ2) is 9.13. The van der Waals surface area contributed by atoms with Crippen LogP contribution in [0.3, 0.4) is 0 Å². The summed E-state index contributed by atoms with van der Waals surface area (Å²) in [5.41, 5.74) is 7.07. The number of para-hydroxylation sites is 1. The van der Waals surface area contributed by atoms with Gasteiger partial charge in [0.15, 0.2) is 5.75 Å². The molecule has 2 aromatic rings. The number of ether oxygens (including phenoxy) is 1. The van der Waals surface area contributed by atoms with Gasteiger partial charge >= 0.3 is 6.09 Å². The van der Waals surface area contributed by atoms with Crippen molar-refractivity contribution in [3.8, 4) is 5.75 Å². The molecular formula is C22H33N5O2. The van der Waals surface area contributed by atoms with Crippen LogP contribution >= 0.6 is 0 Å². The molecule has 2 saturated heterocycles. The third-order valence-corrected chi connectivity index (χ3v) is 6.23. The highest BCUT2D eigenvalue weighted by atomic mass is 16.5. The van der Waals surface area contributed by atoms with Gasteiger partial charge in [-0.25, -0.2) is 9.78 Å². The van der Waals surface area contributed by atoms with Crippen molar-refractivity contribution in [2.45, 2.75) is 51.5 Å². The molecule has 0 radical (unpaired) electrons. The summed E-state index contributed by atoms with van der Waals surface area (Å²) >= 11 is 0. The minimum atomic E-state index is -0.794. The Morgan fingerprint density at radius 2 is 1.93 bits per heavy atom. The van der Waals surface area contributed by atoms with Gasteiger partial charge in [0.25, 0.3) is 0 Å². The van der Waals surface area contributed by atoms with Gasteiger partial charge in [-0.05, 0) is 70.4 Å². The first-order chi connectivity index (χ1) is 14.2. The normalized spacial score (nSPS) is 21.1. The van der Waals surface area contributed by atoms with E-state index in [0.29, 0.717) is 11.7 Å². The van der Waals surface area contributed by atoms with Crippen molar-refractivity contribution < 1.29 is 9.53 Å². The number of carbonyl (C=O) groups excluding carboxylic acids is 1. The molecule has 1 aromatic carbocycles. The van der Waals surface area contributed by atoms with Gasteiger partial charge in [0.2, 0.25) is 0 Å². The summed E-state index contributed by atoms with van der Waals surface area (Å²) in [6.07, 6.45) is 5.32. The van der Waals surface area contributed by atoms with Gasteiger partial charge in [-0.1, -0.05) is 13.0 Å². The molecule has 1 atom stereocenters. The molecule has 1 aromatic heterocycles. The second-order valence-corrected chi connectivity index (χ2v) is 8.36. The SMILES string of the molecule is CCCN1CCCC(c2nc3c(OC(N)=O)cccc3n2CCN2CCCC2)C1. The molecule has 1 unspecified atom stereocenters. The highest BCUT2D eigenvalue weighted by Crippen LogP contribution is 2.33. The van der Waals surface area contributed by atoms with Gasteiger partial charge in [0.1, 0.15) is 11.3 Å². The molecule has 4 rings (SSSR count). The Bertz CT molecular complexity index is 841. The van der Waals surface area contributed by atoms with E-state index in [1.807, 2.05) is 6.07 Å². The van der Waals surface area contributed by atoms with E-state index in [9.17, 15) is 4.79 Å². The summed E-state index contributed by atoms with van der Waals surface area (Å²) < 4.78 is 7.63. The number of likely N-dealkylation sites (tertiary alicyclic amines) is 2. The Hall–Kier alpha value is -2.12. The molecule has 0 bridgehead atoms. The van der Waals surface area contributed by atoms with Gasteiger partial charge in [-0.2, -0.15) is 0 Å². The van der Waals surface area contributed by atoms with Crippen molar-refractivity contribution in [1.29, 1.82) is 0 Å². The molecule has 0 aliphatic carbocycles. The number of amides is 1. The van der Waals surface area contributed by atoms with E-state index >= 15 is 0 Å². The lowest BCUT2D eigenvalue weighted by Crippen LogP contribution is -2.36. The number of nitrogens with zero attached hydrogens (tertiary/aromatic N) is 4. The largest absolute Gasteiger partial charge is 0.410 e. The maximum absolute atomic E-state index is 11.4. The zero-order valence-electron chi connectivity index (χ0n) is 17.5. The van der Waals surface area contributed by atoms with Crippen LogP contribution in [0.2, 0.25) is 0 Å². The lowest BCUT2D eigenvalue weighted by atomic mass is 9.97. The number of nitrogens with two attached hydrogens (primary N) is 1. The van der Waals surface area contributed by atoms with E-state index < -0.39 is 6.09 Å². The Morgan fingerprint density at radius 1 is 1.14 bits per heavy atom. The summed E-state index contributed by atoms with van der Waals surface area (Å²) in [6, 6.07) is 5.78. The summed E-state index contributed by atoms with van der Waals surface area (Å²) in [4.78, 5) is 21.5. The molecule has 2 aliphatic rings. The third kappa shape index (κ3) is 4.56. The summed E-state index contributed by atoms with van der Waals surface area (Å²) in [5, 5.41) is 0. The number of rotatable bonds is 7. The predicted molar refractivity (Wildman–Crippen MR) is 114 cm³/mol. The molecule has 0 spiro atoms. The van der Waals surface area contributed by atoms with Crippen LogP contribution in [0.4, 0.5) is 4.79 Å². The molecule has 2 fully saturated rings. The average Bonchev–Trinajstić information content (AvgIpc) is 3.35. The standard InChI is InChI=1S/C22H33N5O2/c1-2-10-26-13-6-7-17(16-26)21-24-20-18(8-5-9-19(20)29-22(23)28)27(21)15-14-25-11-3-4-12-25/h5,8-9,17H,2-4,6-7,10-16H2,1H3,(H2,23,28). The van der Waals surface area contributed by atoms with Crippen LogP contribution in [0, 0.1) is 0 Å².